The number of aromatic nitrogens is 7. The molecule has 6 rings (SSSR count). The molecule has 0 bridgehead atoms. The van der Waals surface area contributed by atoms with E-state index >= 15 is 0 Å². The SMILES string of the molecule is Cn1ccc(-c2cn3nccc3c(-c3cnn(C4(CC#N)CC5(CN(CC#N)C5)C4)c3)n2)n1. The minimum atomic E-state index is -0.305. The summed E-state index contributed by atoms with van der Waals surface area (Å²) in [5.74, 6) is 0. The molecule has 1 aliphatic heterocycles. The van der Waals surface area contributed by atoms with Crippen LogP contribution in [0.4, 0.5) is 0 Å². The van der Waals surface area contributed by atoms with Gasteiger partial charge in [0.05, 0.1) is 60.4 Å². The van der Waals surface area contributed by atoms with E-state index in [1.54, 1.807) is 10.9 Å². The lowest BCUT2D eigenvalue weighted by Gasteiger charge is -2.63. The third-order valence-electron chi connectivity index (χ3n) is 6.94. The number of aryl methyl sites for hydroxylation is 1. The summed E-state index contributed by atoms with van der Waals surface area (Å²) in [5.41, 5.74) is 3.97. The van der Waals surface area contributed by atoms with E-state index in [4.69, 9.17) is 15.3 Å². The van der Waals surface area contributed by atoms with Gasteiger partial charge >= 0.3 is 0 Å². The first-order valence-corrected chi connectivity index (χ1v) is 10.9. The summed E-state index contributed by atoms with van der Waals surface area (Å²) in [4.78, 5) is 7.07. The van der Waals surface area contributed by atoms with E-state index in [0.717, 1.165) is 54.1 Å². The van der Waals surface area contributed by atoms with Gasteiger partial charge in [0.25, 0.3) is 0 Å². The minimum Gasteiger partial charge on any atom is -0.289 e. The summed E-state index contributed by atoms with van der Waals surface area (Å²) in [6.45, 7) is 2.32. The highest BCUT2D eigenvalue weighted by molar-refractivity contribution is 5.77. The van der Waals surface area contributed by atoms with Crippen LogP contribution in [0.25, 0.3) is 28.2 Å². The molecular formula is C23H22N10. The molecule has 1 spiro atoms. The first kappa shape index (κ1) is 19.6. The Morgan fingerprint density at radius 2 is 1.91 bits per heavy atom. The molecule has 1 saturated heterocycles. The van der Waals surface area contributed by atoms with E-state index in [0.29, 0.717) is 13.0 Å². The van der Waals surface area contributed by atoms with Crippen LogP contribution in [0.5, 0.6) is 0 Å². The van der Waals surface area contributed by atoms with Crippen LogP contribution < -0.4 is 0 Å². The average Bonchev–Trinajstić information content (AvgIpc) is 3.50. The summed E-state index contributed by atoms with van der Waals surface area (Å²) in [5, 5.41) is 32.1. The first-order valence-electron chi connectivity index (χ1n) is 10.9. The summed E-state index contributed by atoms with van der Waals surface area (Å²) in [6.07, 6.45) is 11.6. The third-order valence-corrected chi connectivity index (χ3v) is 6.94. The Labute approximate surface area is 190 Å². The Balaban J connectivity index is 1.34. The van der Waals surface area contributed by atoms with Gasteiger partial charge in [0.1, 0.15) is 11.4 Å². The minimum absolute atomic E-state index is 0.204. The van der Waals surface area contributed by atoms with Crippen molar-refractivity contribution in [3.05, 3.63) is 43.1 Å². The molecule has 1 saturated carbocycles. The second kappa shape index (κ2) is 6.99. The van der Waals surface area contributed by atoms with E-state index < -0.39 is 0 Å². The summed E-state index contributed by atoms with van der Waals surface area (Å²) in [7, 11) is 1.88. The highest BCUT2D eigenvalue weighted by atomic mass is 15.3. The van der Waals surface area contributed by atoms with Gasteiger partial charge in [-0.25, -0.2) is 9.50 Å². The quantitative estimate of drug-likeness (QED) is 0.439. The van der Waals surface area contributed by atoms with Crippen LogP contribution in [0.3, 0.4) is 0 Å². The predicted octanol–water partition coefficient (Wildman–Crippen LogP) is 2.22. The van der Waals surface area contributed by atoms with Crippen molar-refractivity contribution < 1.29 is 0 Å². The maximum atomic E-state index is 9.55. The molecule has 2 aliphatic rings. The van der Waals surface area contributed by atoms with Gasteiger partial charge in [0.2, 0.25) is 0 Å². The average molecular weight is 438 g/mol. The monoisotopic (exact) mass is 438 g/mol. The maximum Gasteiger partial charge on any atom is 0.112 e. The van der Waals surface area contributed by atoms with Gasteiger partial charge < -0.3 is 0 Å². The molecule has 33 heavy (non-hydrogen) atoms. The molecule has 0 N–H and O–H groups in total. The van der Waals surface area contributed by atoms with Crippen molar-refractivity contribution >= 4 is 5.52 Å². The standard InChI is InChI=1S/C23H22N10/c1-30-8-3-18(29-30)19-12-32-20(2-7-26-32)21(28-19)17-10-27-33(11-17)23(4-5-24)13-22(14-23)15-31(16-22)9-6-25/h2-3,7-8,10-12H,4,9,13-16H2,1H3. The number of fused-ring (bicyclic) bond motifs is 1. The Bertz CT molecular complexity index is 1430. The number of hydrogen-bond acceptors (Lipinski definition) is 7. The molecule has 0 unspecified atom stereocenters. The zero-order chi connectivity index (χ0) is 22.6. The predicted molar refractivity (Wildman–Crippen MR) is 118 cm³/mol. The fourth-order valence-electron chi connectivity index (χ4n) is 5.72. The molecule has 0 atom stereocenters. The van der Waals surface area contributed by atoms with Gasteiger partial charge in [-0.1, -0.05) is 0 Å². The number of nitriles is 2. The Morgan fingerprint density at radius 3 is 2.64 bits per heavy atom. The second-order valence-electron chi connectivity index (χ2n) is 9.40. The number of likely N-dealkylation sites (tertiary alicyclic amines) is 1. The highest BCUT2D eigenvalue weighted by Gasteiger charge is 2.61. The van der Waals surface area contributed by atoms with Gasteiger partial charge in [-0.15, -0.1) is 0 Å². The number of hydrogen-bond donors (Lipinski definition) is 0. The largest absolute Gasteiger partial charge is 0.289 e. The molecule has 0 amide bonds. The normalized spacial score (nSPS) is 18.5. The van der Waals surface area contributed by atoms with Crippen molar-refractivity contribution in [3.63, 3.8) is 0 Å². The fraction of sp³-hybridized carbons (Fsp3) is 0.391. The molecule has 0 radical (unpaired) electrons. The van der Waals surface area contributed by atoms with Crippen LogP contribution in [0.15, 0.2) is 43.1 Å². The van der Waals surface area contributed by atoms with E-state index in [-0.39, 0.29) is 11.0 Å². The molecule has 10 nitrogen and oxygen atoms in total. The third kappa shape index (κ3) is 3.03. The van der Waals surface area contributed by atoms with Gasteiger partial charge in [-0.05, 0) is 25.0 Å². The van der Waals surface area contributed by atoms with E-state index in [2.05, 4.69) is 27.2 Å². The zero-order valence-electron chi connectivity index (χ0n) is 18.3. The molecule has 1 aliphatic carbocycles. The van der Waals surface area contributed by atoms with Crippen LogP contribution in [-0.2, 0) is 12.6 Å². The van der Waals surface area contributed by atoms with Gasteiger partial charge in [0.15, 0.2) is 0 Å². The first-order chi connectivity index (χ1) is 16.0. The summed E-state index contributed by atoms with van der Waals surface area (Å²) < 4.78 is 5.52. The van der Waals surface area contributed by atoms with Crippen LogP contribution in [-0.4, -0.2) is 58.7 Å². The molecule has 4 aromatic rings. The molecule has 0 aromatic carbocycles. The zero-order valence-corrected chi connectivity index (χ0v) is 18.3. The van der Waals surface area contributed by atoms with E-state index in [1.165, 1.54) is 0 Å². The molecule has 164 valence electrons. The maximum absolute atomic E-state index is 9.55. The summed E-state index contributed by atoms with van der Waals surface area (Å²) in [6, 6.07) is 8.45. The lowest BCUT2D eigenvalue weighted by molar-refractivity contribution is -0.133. The van der Waals surface area contributed by atoms with Gasteiger partial charge in [0, 0.05) is 43.5 Å². The van der Waals surface area contributed by atoms with Gasteiger partial charge in [-0.3, -0.25) is 14.3 Å². The lowest BCUT2D eigenvalue weighted by Crippen LogP contribution is -2.68. The number of nitrogens with zero attached hydrogens (tertiary/aromatic N) is 10. The van der Waals surface area contributed by atoms with E-state index in [1.807, 2.05) is 53.2 Å². The van der Waals surface area contributed by atoms with Crippen LogP contribution >= 0.6 is 0 Å². The Kier molecular flexibility index (Phi) is 4.16. The molecular weight excluding hydrogens is 416 g/mol. The van der Waals surface area contributed by atoms with Crippen molar-refractivity contribution in [3.8, 4) is 34.8 Å². The van der Waals surface area contributed by atoms with Crippen molar-refractivity contribution in [1.29, 1.82) is 10.5 Å². The second-order valence-corrected chi connectivity index (χ2v) is 9.40. The van der Waals surface area contributed by atoms with Crippen LogP contribution in [0, 0.1) is 28.1 Å². The van der Waals surface area contributed by atoms with Crippen molar-refractivity contribution in [2.45, 2.75) is 24.8 Å². The van der Waals surface area contributed by atoms with Crippen molar-refractivity contribution in [2.24, 2.45) is 12.5 Å². The molecule has 5 heterocycles. The summed E-state index contributed by atoms with van der Waals surface area (Å²) >= 11 is 0. The van der Waals surface area contributed by atoms with Crippen molar-refractivity contribution in [1.82, 2.24) is 39.1 Å². The van der Waals surface area contributed by atoms with Crippen LogP contribution in [0.1, 0.15) is 19.3 Å². The Hall–Kier alpha value is -4.02. The molecule has 10 heteroatoms. The molecule has 4 aromatic heterocycles. The molecule has 2 fully saturated rings. The van der Waals surface area contributed by atoms with E-state index in [9.17, 15) is 5.26 Å². The Morgan fingerprint density at radius 1 is 1.06 bits per heavy atom. The van der Waals surface area contributed by atoms with Gasteiger partial charge in [-0.2, -0.15) is 25.8 Å². The lowest BCUT2D eigenvalue weighted by atomic mass is 9.52. The topological polar surface area (TPSA) is 117 Å². The highest BCUT2D eigenvalue weighted by Crippen LogP contribution is 2.59. The van der Waals surface area contributed by atoms with Crippen LogP contribution in [0.2, 0.25) is 0 Å². The number of rotatable bonds is 5. The smallest absolute Gasteiger partial charge is 0.112 e. The fourth-order valence-corrected chi connectivity index (χ4v) is 5.72. The van der Waals surface area contributed by atoms with Crippen molar-refractivity contribution in [2.75, 3.05) is 19.6 Å².